The van der Waals surface area contributed by atoms with E-state index in [2.05, 4.69) is 24.8 Å². The van der Waals surface area contributed by atoms with Gasteiger partial charge >= 0.3 is 0 Å². The number of ether oxygens (including phenoxy) is 2. The molecule has 0 unspecified atom stereocenters. The van der Waals surface area contributed by atoms with Gasteiger partial charge in [-0.15, -0.1) is 0 Å². The molecule has 1 saturated heterocycles. The van der Waals surface area contributed by atoms with Crippen molar-refractivity contribution in [2.75, 3.05) is 26.2 Å². The van der Waals surface area contributed by atoms with Gasteiger partial charge in [-0.3, -0.25) is 4.90 Å². The third-order valence-electron chi connectivity index (χ3n) is 3.35. The summed E-state index contributed by atoms with van der Waals surface area (Å²) in [6.07, 6.45) is 1.61. The van der Waals surface area contributed by atoms with Crippen molar-refractivity contribution < 1.29 is 9.47 Å². The second kappa shape index (κ2) is 7.28. The second-order valence-corrected chi connectivity index (χ2v) is 5.36. The summed E-state index contributed by atoms with van der Waals surface area (Å²) in [6.45, 7) is 7.92. The lowest BCUT2D eigenvalue weighted by molar-refractivity contribution is -0.0686. The molecule has 1 heterocycles. The van der Waals surface area contributed by atoms with Crippen LogP contribution in [0, 0.1) is 11.3 Å². The summed E-state index contributed by atoms with van der Waals surface area (Å²) in [5, 5.41) is 8.83. The van der Waals surface area contributed by atoms with Gasteiger partial charge in [0.1, 0.15) is 5.75 Å². The maximum absolute atomic E-state index is 8.83. The first kappa shape index (κ1) is 14.8. The van der Waals surface area contributed by atoms with Crippen molar-refractivity contribution >= 4 is 0 Å². The summed E-state index contributed by atoms with van der Waals surface area (Å²) in [4.78, 5) is 2.42. The molecule has 0 bridgehead atoms. The molecule has 0 radical (unpaired) electrons. The number of nitriles is 1. The third-order valence-corrected chi connectivity index (χ3v) is 3.35. The summed E-state index contributed by atoms with van der Waals surface area (Å²) >= 11 is 0. The quantitative estimate of drug-likeness (QED) is 0.774. The first-order valence-corrected chi connectivity index (χ1v) is 7.18. The van der Waals surface area contributed by atoms with Crippen LogP contribution in [0.4, 0.5) is 0 Å². The predicted octanol–water partition coefficient (Wildman–Crippen LogP) is 2.44. The molecule has 1 aromatic carbocycles. The van der Waals surface area contributed by atoms with E-state index >= 15 is 0 Å². The Bertz CT molecular complexity index is 460. The highest BCUT2D eigenvalue weighted by Gasteiger charge is 2.21. The van der Waals surface area contributed by atoms with E-state index in [1.807, 2.05) is 12.1 Å². The van der Waals surface area contributed by atoms with E-state index in [9.17, 15) is 0 Å². The highest BCUT2D eigenvalue weighted by atomic mass is 16.5. The average molecular weight is 274 g/mol. The number of hydrogen-bond donors (Lipinski definition) is 0. The average Bonchev–Trinajstić information content (AvgIpc) is 2.43. The van der Waals surface area contributed by atoms with Crippen molar-refractivity contribution in [3.63, 3.8) is 0 Å². The zero-order valence-electron chi connectivity index (χ0n) is 12.2. The summed E-state index contributed by atoms with van der Waals surface area (Å²) in [5.74, 6) is 0.771. The first-order chi connectivity index (χ1) is 9.67. The number of rotatable bonds is 5. The molecule has 0 saturated carbocycles. The van der Waals surface area contributed by atoms with Gasteiger partial charge in [0.25, 0.3) is 0 Å². The van der Waals surface area contributed by atoms with E-state index in [0.717, 1.165) is 31.8 Å². The van der Waals surface area contributed by atoms with E-state index < -0.39 is 0 Å². The van der Waals surface area contributed by atoms with Crippen molar-refractivity contribution in [2.45, 2.75) is 32.5 Å². The lowest BCUT2D eigenvalue weighted by Gasteiger charge is -2.35. The number of benzene rings is 1. The van der Waals surface area contributed by atoms with Crippen LogP contribution >= 0.6 is 0 Å². The van der Waals surface area contributed by atoms with Gasteiger partial charge in [0, 0.05) is 19.6 Å². The zero-order chi connectivity index (χ0) is 14.4. The van der Waals surface area contributed by atoms with Crippen LogP contribution < -0.4 is 4.74 Å². The van der Waals surface area contributed by atoms with Gasteiger partial charge in [0.15, 0.2) is 0 Å². The third kappa shape index (κ3) is 4.52. The van der Waals surface area contributed by atoms with Crippen LogP contribution in [-0.4, -0.2) is 43.3 Å². The van der Waals surface area contributed by atoms with E-state index in [-0.39, 0.29) is 0 Å². The second-order valence-electron chi connectivity index (χ2n) is 5.36. The highest BCUT2D eigenvalue weighted by molar-refractivity contribution is 5.36. The number of hydrogen-bond acceptors (Lipinski definition) is 4. The fourth-order valence-corrected chi connectivity index (χ4v) is 2.60. The molecular weight excluding hydrogens is 252 g/mol. The molecular formula is C16H22N2O2. The van der Waals surface area contributed by atoms with Gasteiger partial charge in [0.05, 0.1) is 30.4 Å². The molecule has 0 aliphatic carbocycles. The van der Waals surface area contributed by atoms with Crippen LogP contribution in [0.2, 0.25) is 0 Å². The first-order valence-electron chi connectivity index (χ1n) is 7.18. The Balaban J connectivity index is 1.70. The monoisotopic (exact) mass is 274 g/mol. The molecule has 4 heteroatoms. The minimum absolute atomic E-state index is 0.312. The van der Waals surface area contributed by atoms with Gasteiger partial charge in [-0.1, -0.05) is 6.07 Å². The Morgan fingerprint density at radius 1 is 1.35 bits per heavy atom. The Labute approximate surface area is 120 Å². The summed E-state index contributed by atoms with van der Waals surface area (Å²) in [5.41, 5.74) is 0.637. The smallest absolute Gasteiger partial charge is 0.120 e. The van der Waals surface area contributed by atoms with Crippen molar-refractivity contribution in [3.8, 4) is 11.8 Å². The molecule has 0 N–H and O–H groups in total. The zero-order valence-corrected chi connectivity index (χ0v) is 12.2. The SMILES string of the molecule is C[C@@H]1CN(CCCOc2cccc(C#N)c2)C[C@H](C)O1. The van der Waals surface area contributed by atoms with E-state index in [0.29, 0.717) is 24.4 Å². The van der Waals surface area contributed by atoms with E-state index in [1.54, 1.807) is 12.1 Å². The molecule has 0 amide bonds. The van der Waals surface area contributed by atoms with E-state index in [4.69, 9.17) is 14.7 Å². The minimum Gasteiger partial charge on any atom is -0.494 e. The molecule has 0 aromatic heterocycles. The normalized spacial score (nSPS) is 23.2. The largest absolute Gasteiger partial charge is 0.494 e. The molecule has 4 nitrogen and oxygen atoms in total. The molecule has 108 valence electrons. The van der Waals surface area contributed by atoms with E-state index in [1.165, 1.54) is 0 Å². The van der Waals surface area contributed by atoms with Crippen LogP contribution in [0.5, 0.6) is 5.75 Å². The standard InChI is InChI=1S/C16H22N2O2/c1-13-11-18(12-14(2)20-13)7-4-8-19-16-6-3-5-15(9-16)10-17/h3,5-6,9,13-14H,4,7-8,11-12H2,1-2H3/t13-,14+. The van der Waals surface area contributed by atoms with Gasteiger partial charge in [-0.05, 0) is 38.5 Å². The Morgan fingerprint density at radius 3 is 2.80 bits per heavy atom. The van der Waals surface area contributed by atoms with Crippen LogP contribution in [0.15, 0.2) is 24.3 Å². The molecule has 1 aliphatic rings. The minimum atomic E-state index is 0.312. The molecule has 1 aliphatic heterocycles. The lowest BCUT2D eigenvalue weighted by Crippen LogP contribution is -2.45. The fraction of sp³-hybridized carbons (Fsp3) is 0.562. The number of nitrogens with zero attached hydrogens (tertiary/aromatic N) is 2. The summed E-state index contributed by atoms with van der Waals surface area (Å²) < 4.78 is 11.4. The van der Waals surface area contributed by atoms with Gasteiger partial charge in [0.2, 0.25) is 0 Å². The molecule has 0 spiro atoms. The summed E-state index contributed by atoms with van der Waals surface area (Å²) in [7, 11) is 0. The van der Waals surface area contributed by atoms with Crippen LogP contribution in [-0.2, 0) is 4.74 Å². The summed E-state index contributed by atoms with van der Waals surface area (Å²) in [6, 6.07) is 9.41. The van der Waals surface area contributed by atoms with Crippen molar-refractivity contribution in [2.24, 2.45) is 0 Å². The van der Waals surface area contributed by atoms with Gasteiger partial charge in [-0.2, -0.15) is 5.26 Å². The highest BCUT2D eigenvalue weighted by Crippen LogP contribution is 2.14. The Morgan fingerprint density at radius 2 is 2.10 bits per heavy atom. The maximum atomic E-state index is 8.83. The topological polar surface area (TPSA) is 45.5 Å². The molecule has 2 atom stereocenters. The van der Waals surface area contributed by atoms with Crippen LogP contribution in [0.3, 0.4) is 0 Å². The van der Waals surface area contributed by atoms with Gasteiger partial charge < -0.3 is 9.47 Å². The lowest BCUT2D eigenvalue weighted by atomic mass is 10.2. The van der Waals surface area contributed by atoms with Crippen LogP contribution in [0.1, 0.15) is 25.8 Å². The molecule has 2 rings (SSSR count). The van der Waals surface area contributed by atoms with Crippen molar-refractivity contribution in [3.05, 3.63) is 29.8 Å². The van der Waals surface area contributed by atoms with Gasteiger partial charge in [-0.25, -0.2) is 0 Å². The van der Waals surface area contributed by atoms with Crippen molar-refractivity contribution in [1.29, 1.82) is 5.26 Å². The number of morpholine rings is 1. The molecule has 20 heavy (non-hydrogen) atoms. The fourth-order valence-electron chi connectivity index (χ4n) is 2.60. The van der Waals surface area contributed by atoms with Crippen molar-refractivity contribution in [1.82, 2.24) is 4.90 Å². The maximum Gasteiger partial charge on any atom is 0.120 e. The Kier molecular flexibility index (Phi) is 5.40. The molecule has 1 fully saturated rings. The predicted molar refractivity (Wildman–Crippen MR) is 77.7 cm³/mol. The van der Waals surface area contributed by atoms with Crippen LogP contribution in [0.25, 0.3) is 0 Å². The Hall–Kier alpha value is -1.57. The molecule has 1 aromatic rings.